The molecule has 2 aromatic heterocycles. The first-order valence-corrected chi connectivity index (χ1v) is 5.70. The fraction of sp³-hybridized carbons (Fsp3) is 0.231. The van der Waals surface area contributed by atoms with Gasteiger partial charge in [0.05, 0.1) is 11.3 Å². The summed E-state index contributed by atoms with van der Waals surface area (Å²) < 4.78 is 1.58. The molecule has 0 saturated carbocycles. The Labute approximate surface area is 109 Å². The molecule has 2 rings (SSSR count). The predicted molar refractivity (Wildman–Crippen MR) is 67.8 cm³/mol. The van der Waals surface area contributed by atoms with Crippen molar-refractivity contribution >= 4 is 23.1 Å². The van der Waals surface area contributed by atoms with Crippen molar-refractivity contribution in [1.82, 2.24) is 9.38 Å². The van der Waals surface area contributed by atoms with E-state index in [1.54, 1.807) is 28.9 Å². The summed E-state index contributed by atoms with van der Waals surface area (Å²) in [5, 5.41) is 0. The number of hydrogen-bond donors (Lipinski definition) is 1. The van der Waals surface area contributed by atoms with Crippen LogP contribution in [0.3, 0.4) is 0 Å². The summed E-state index contributed by atoms with van der Waals surface area (Å²) >= 11 is 0. The maximum Gasteiger partial charge on any atom is 0.252 e. The van der Waals surface area contributed by atoms with E-state index in [1.165, 1.54) is 13.8 Å². The number of nitrogens with two attached hydrogens (primary N) is 1. The molecule has 1 amide bonds. The van der Waals surface area contributed by atoms with Gasteiger partial charge in [-0.15, -0.1) is 0 Å². The van der Waals surface area contributed by atoms with E-state index < -0.39 is 11.8 Å². The summed E-state index contributed by atoms with van der Waals surface area (Å²) in [6, 6.07) is 3.19. The van der Waals surface area contributed by atoms with Gasteiger partial charge in [-0.3, -0.25) is 14.4 Å². The Bertz CT molecular complexity index is 673. The number of nitrogens with zero attached hydrogens (tertiary/aromatic N) is 2. The molecule has 19 heavy (non-hydrogen) atoms. The molecule has 0 aromatic carbocycles. The Hall–Kier alpha value is -2.50. The van der Waals surface area contributed by atoms with Crippen LogP contribution in [0.5, 0.6) is 0 Å². The van der Waals surface area contributed by atoms with Gasteiger partial charge < -0.3 is 10.1 Å². The van der Waals surface area contributed by atoms with Crippen molar-refractivity contribution in [2.75, 3.05) is 0 Å². The highest BCUT2D eigenvalue weighted by Gasteiger charge is 2.25. The van der Waals surface area contributed by atoms with E-state index in [9.17, 15) is 14.4 Å². The van der Waals surface area contributed by atoms with E-state index in [1.807, 2.05) is 0 Å². The highest BCUT2D eigenvalue weighted by Crippen LogP contribution is 2.19. The lowest BCUT2D eigenvalue weighted by molar-refractivity contribution is -0.126. The first-order chi connectivity index (χ1) is 8.91. The smallest absolute Gasteiger partial charge is 0.252 e. The van der Waals surface area contributed by atoms with Crippen LogP contribution in [0, 0.1) is 0 Å². The molecular formula is C13H13N3O3. The third kappa shape index (κ3) is 2.24. The van der Waals surface area contributed by atoms with Crippen molar-refractivity contribution in [2.24, 2.45) is 5.73 Å². The van der Waals surface area contributed by atoms with Crippen LogP contribution < -0.4 is 5.73 Å². The molecule has 0 radical (unpaired) electrons. The Morgan fingerprint density at radius 1 is 1.26 bits per heavy atom. The summed E-state index contributed by atoms with van der Waals surface area (Å²) in [7, 11) is 0. The normalized spacial score (nSPS) is 10.9. The van der Waals surface area contributed by atoms with Crippen LogP contribution in [-0.2, 0) is 9.59 Å². The van der Waals surface area contributed by atoms with Crippen LogP contribution in [0.2, 0.25) is 0 Å². The monoisotopic (exact) mass is 259 g/mol. The molecule has 0 aliphatic heterocycles. The Morgan fingerprint density at radius 2 is 1.89 bits per heavy atom. The minimum absolute atomic E-state index is 0.250. The Morgan fingerprint density at radius 3 is 2.42 bits per heavy atom. The van der Waals surface area contributed by atoms with Crippen LogP contribution in [0.25, 0.3) is 5.65 Å². The van der Waals surface area contributed by atoms with Gasteiger partial charge in [-0.1, -0.05) is 0 Å². The zero-order valence-electron chi connectivity index (χ0n) is 10.6. The average Bonchev–Trinajstić information content (AvgIpc) is 2.69. The van der Waals surface area contributed by atoms with Gasteiger partial charge in [0.15, 0.2) is 0 Å². The number of ketones is 2. The van der Waals surface area contributed by atoms with Crippen molar-refractivity contribution in [1.29, 1.82) is 0 Å². The number of Topliss-reactive ketones (excluding diaryl/α,β-unsaturated/α-hetero) is 2. The molecule has 0 atom stereocenters. The van der Waals surface area contributed by atoms with Gasteiger partial charge >= 0.3 is 0 Å². The molecule has 0 bridgehead atoms. The number of pyridine rings is 1. The van der Waals surface area contributed by atoms with E-state index in [0.29, 0.717) is 11.3 Å². The number of amides is 1. The number of aromatic nitrogens is 2. The number of rotatable bonds is 4. The van der Waals surface area contributed by atoms with E-state index >= 15 is 0 Å². The highest BCUT2D eigenvalue weighted by atomic mass is 16.2. The summed E-state index contributed by atoms with van der Waals surface area (Å²) in [6.07, 6.45) is 3.24. The van der Waals surface area contributed by atoms with Crippen LogP contribution in [0.1, 0.15) is 35.8 Å². The quantitative estimate of drug-likeness (QED) is 0.817. The van der Waals surface area contributed by atoms with Crippen LogP contribution in [0.15, 0.2) is 24.5 Å². The Balaban J connectivity index is 2.64. The third-order valence-corrected chi connectivity index (χ3v) is 2.88. The lowest BCUT2D eigenvalue weighted by Gasteiger charge is -2.05. The van der Waals surface area contributed by atoms with Gasteiger partial charge in [0.2, 0.25) is 0 Å². The summed E-state index contributed by atoms with van der Waals surface area (Å²) in [5.41, 5.74) is 6.18. The van der Waals surface area contributed by atoms with Gasteiger partial charge in [-0.2, -0.15) is 0 Å². The standard InChI is InChI=1S/C13H13N3O3/c1-7(17)11(8(2)18)10-6-16-5-3-4-9(12(14)19)13(16)15-10/h3-6,11H,1-2H3,(H2,14,19). The fourth-order valence-electron chi connectivity index (χ4n) is 2.07. The number of carbonyl (C=O) groups is 3. The molecule has 0 aliphatic carbocycles. The molecule has 6 nitrogen and oxygen atoms in total. The molecule has 2 aromatic rings. The Kier molecular flexibility index (Phi) is 3.16. The molecule has 0 saturated heterocycles. The second-order valence-corrected chi connectivity index (χ2v) is 4.34. The minimum atomic E-state index is -0.902. The lowest BCUT2D eigenvalue weighted by Crippen LogP contribution is -2.17. The molecule has 0 spiro atoms. The summed E-state index contributed by atoms with van der Waals surface area (Å²) in [6.45, 7) is 2.68. The molecule has 0 aliphatic rings. The van der Waals surface area contributed by atoms with E-state index in [0.717, 1.165) is 0 Å². The van der Waals surface area contributed by atoms with Crippen LogP contribution in [0.4, 0.5) is 0 Å². The van der Waals surface area contributed by atoms with E-state index in [2.05, 4.69) is 4.98 Å². The predicted octanol–water partition coefficient (Wildman–Crippen LogP) is 0.695. The molecule has 98 valence electrons. The molecule has 6 heteroatoms. The second-order valence-electron chi connectivity index (χ2n) is 4.34. The average molecular weight is 259 g/mol. The summed E-state index contributed by atoms with van der Waals surface area (Å²) in [5.74, 6) is -2.07. The topological polar surface area (TPSA) is 94.5 Å². The highest BCUT2D eigenvalue weighted by molar-refractivity contribution is 6.05. The first-order valence-electron chi connectivity index (χ1n) is 5.70. The second kappa shape index (κ2) is 4.64. The van der Waals surface area contributed by atoms with Gasteiger partial charge in [0, 0.05) is 12.4 Å². The maximum absolute atomic E-state index is 11.5. The van der Waals surface area contributed by atoms with Gasteiger partial charge in [-0.05, 0) is 26.0 Å². The number of imidazole rings is 1. The van der Waals surface area contributed by atoms with Gasteiger partial charge in [-0.25, -0.2) is 4.98 Å². The van der Waals surface area contributed by atoms with Crippen molar-refractivity contribution in [3.05, 3.63) is 35.8 Å². The van der Waals surface area contributed by atoms with E-state index in [4.69, 9.17) is 5.73 Å². The molecule has 0 unspecified atom stereocenters. The number of hydrogen-bond acceptors (Lipinski definition) is 4. The van der Waals surface area contributed by atoms with Gasteiger partial charge in [0.1, 0.15) is 23.1 Å². The van der Waals surface area contributed by atoms with E-state index in [-0.39, 0.29) is 17.1 Å². The first kappa shape index (κ1) is 12.9. The van der Waals surface area contributed by atoms with Crippen LogP contribution >= 0.6 is 0 Å². The maximum atomic E-state index is 11.5. The number of carbonyl (C=O) groups excluding carboxylic acids is 3. The van der Waals surface area contributed by atoms with Crippen molar-refractivity contribution < 1.29 is 14.4 Å². The third-order valence-electron chi connectivity index (χ3n) is 2.88. The SMILES string of the molecule is CC(=O)C(C(C)=O)c1cn2cccc(C(N)=O)c2n1. The number of fused-ring (bicyclic) bond motifs is 1. The molecular weight excluding hydrogens is 246 g/mol. The van der Waals surface area contributed by atoms with Crippen LogP contribution in [-0.4, -0.2) is 26.9 Å². The zero-order valence-corrected chi connectivity index (χ0v) is 10.6. The van der Waals surface area contributed by atoms with Crippen molar-refractivity contribution in [2.45, 2.75) is 19.8 Å². The fourth-order valence-corrected chi connectivity index (χ4v) is 2.07. The molecule has 2 N–H and O–H groups in total. The molecule has 2 heterocycles. The van der Waals surface area contributed by atoms with Crippen molar-refractivity contribution in [3.8, 4) is 0 Å². The zero-order chi connectivity index (χ0) is 14.2. The number of primary amides is 1. The van der Waals surface area contributed by atoms with Crippen molar-refractivity contribution in [3.63, 3.8) is 0 Å². The van der Waals surface area contributed by atoms with Gasteiger partial charge in [0.25, 0.3) is 5.91 Å². The largest absolute Gasteiger partial charge is 0.365 e. The minimum Gasteiger partial charge on any atom is -0.365 e. The molecule has 0 fully saturated rings. The summed E-state index contributed by atoms with van der Waals surface area (Å²) in [4.78, 5) is 38.5. The lowest BCUT2D eigenvalue weighted by atomic mass is 9.98.